The standard InChI is InChI=1S/C5H8N4/c1-9-3-2-8-4(6)5(9)7/h2-3,7H,1H3,(H2,6,8). The van der Waals surface area contributed by atoms with Crippen molar-refractivity contribution in [2.75, 3.05) is 5.73 Å². The fourth-order valence-electron chi connectivity index (χ4n) is 0.530. The zero-order valence-corrected chi connectivity index (χ0v) is 5.13. The van der Waals surface area contributed by atoms with Crippen LogP contribution in [0.3, 0.4) is 0 Å². The van der Waals surface area contributed by atoms with Gasteiger partial charge >= 0.3 is 0 Å². The molecule has 0 atom stereocenters. The van der Waals surface area contributed by atoms with Crippen molar-refractivity contribution >= 4 is 5.82 Å². The average Bonchev–Trinajstić information content (AvgIpc) is 1.83. The number of nitrogens with zero attached hydrogens (tertiary/aromatic N) is 2. The molecule has 0 spiro atoms. The minimum absolute atomic E-state index is 0.248. The molecule has 1 heterocycles. The molecule has 9 heavy (non-hydrogen) atoms. The van der Waals surface area contributed by atoms with Crippen LogP contribution in [0.5, 0.6) is 0 Å². The topological polar surface area (TPSA) is 67.7 Å². The van der Waals surface area contributed by atoms with Gasteiger partial charge in [-0.2, -0.15) is 0 Å². The highest BCUT2D eigenvalue weighted by molar-refractivity contribution is 5.20. The van der Waals surface area contributed by atoms with Crippen LogP contribution < -0.4 is 11.2 Å². The molecule has 0 amide bonds. The van der Waals surface area contributed by atoms with Crippen molar-refractivity contribution in [2.45, 2.75) is 0 Å². The molecule has 0 fully saturated rings. The predicted molar refractivity (Wildman–Crippen MR) is 33.5 cm³/mol. The third-order valence-corrected chi connectivity index (χ3v) is 1.10. The molecule has 1 rings (SSSR count). The first-order chi connectivity index (χ1) is 4.22. The lowest BCUT2D eigenvalue weighted by molar-refractivity contribution is 0.805. The van der Waals surface area contributed by atoms with E-state index in [-0.39, 0.29) is 11.3 Å². The predicted octanol–water partition coefficient (Wildman–Crippen LogP) is -0.518. The number of aromatic nitrogens is 2. The average molecular weight is 124 g/mol. The normalized spacial score (nSPS) is 9.44. The third kappa shape index (κ3) is 0.910. The monoisotopic (exact) mass is 124 g/mol. The maximum absolute atomic E-state index is 7.22. The number of nitrogen functional groups attached to an aromatic ring is 1. The third-order valence-electron chi connectivity index (χ3n) is 1.10. The number of rotatable bonds is 0. The van der Waals surface area contributed by atoms with Crippen molar-refractivity contribution in [2.24, 2.45) is 7.05 Å². The van der Waals surface area contributed by atoms with Gasteiger partial charge in [-0.3, -0.25) is 5.41 Å². The summed E-state index contributed by atoms with van der Waals surface area (Å²) in [5.74, 6) is 0.264. The number of nitrogens with one attached hydrogen (secondary N) is 1. The molecular formula is C5H8N4. The lowest BCUT2D eigenvalue weighted by Gasteiger charge is -1.96. The van der Waals surface area contributed by atoms with Crippen LogP contribution in [0.4, 0.5) is 5.82 Å². The molecule has 0 bridgehead atoms. The van der Waals surface area contributed by atoms with E-state index in [9.17, 15) is 0 Å². The maximum atomic E-state index is 7.22. The first-order valence-corrected chi connectivity index (χ1v) is 2.53. The number of nitrogens with two attached hydrogens (primary N) is 1. The van der Waals surface area contributed by atoms with E-state index in [0.717, 1.165) is 0 Å². The second-order valence-electron chi connectivity index (χ2n) is 1.77. The Hall–Kier alpha value is -1.32. The fraction of sp³-hybridized carbons (Fsp3) is 0.200. The Morgan fingerprint density at radius 1 is 1.78 bits per heavy atom. The summed E-state index contributed by atoms with van der Waals surface area (Å²) in [5, 5.41) is 7.22. The Bertz CT molecular complexity index is 239. The van der Waals surface area contributed by atoms with Crippen molar-refractivity contribution in [3.8, 4) is 0 Å². The van der Waals surface area contributed by atoms with Gasteiger partial charge in [0.05, 0.1) is 0 Å². The van der Waals surface area contributed by atoms with E-state index in [2.05, 4.69) is 4.98 Å². The Balaban J connectivity index is 3.43. The minimum atomic E-state index is 0.248. The van der Waals surface area contributed by atoms with Gasteiger partial charge in [-0.05, 0) is 0 Å². The molecule has 4 heteroatoms. The number of hydrogen-bond donors (Lipinski definition) is 2. The molecule has 0 saturated carbocycles. The van der Waals surface area contributed by atoms with Crippen LogP contribution in [0.15, 0.2) is 12.4 Å². The molecule has 4 nitrogen and oxygen atoms in total. The van der Waals surface area contributed by atoms with E-state index in [1.54, 1.807) is 24.0 Å². The fourth-order valence-corrected chi connectivity index (χ4v) is 0.530. The molecule has 0 radical (unpaired) electrons. The van der Waals surface area contributed by atoms with E-state index in [0.29, 0.717) is 0 Å². The van der Waals surface area contributed by atoms with Gasteiger partial charge in [0.25, 0.3) is 0 Å². The van der Waals surface area contributed by atoms with E-state index in [1.807, 2.05) is 0 Å². The van der Waals surface area contributed by atoms with Gasteiger partial charge < -0.3 is 10.3 Å². The van der Waals surface area contributed by atoms with Crippen LogP contribution in [0, 0.1) is 5.41 Å². The molecule has 1 aromatic heterocycles. The maximum Gasteiger partial charge on any atom is 0.167 e. The van der Waals surface area contributed by atoms with Gasteiger partial charge in [0, 0.05) is 19.4 Å². The van der Waals surface area contributed by atoms with Crippen LogP contribution in [0.1, 0.15) is 0 Å². The lowest BCUT2D eigenvalue weighted by atomic mass is 10.6. The summed E-state index contributed by atoms with van der Waals surface area (Å²) in [4.78, 5) is 3.71. The van der Waals surface area contributed by atoms with Crippen LogP contribution in [0.2, 0.25) is 0 Å². The molecule has 0 saturated heterocycles. The molecule has 48 valence electrons. The molecule has 3 N–H and O–H groups in total. The van der Waals surface area contributed by atoms with E-state index in [4.69, 9.17) is 11.1 Å². The zero-order valence-electron chi connectivity index (χ0n) is 5.13. The summed E-state index contributed by atoms with van der Waals surface area (Å²) in [6.07, 6.45) is 3.24. The summed E-state index contributed by atoms with van der Waals surface area (Å²) in [5.41, 5.74) is 5.55. The van der Waals surface area contributed by atoms with Gasteiger partial charge in [-0.25, -0.2) is 4.98 Å². The molecule has 1 aromatic rings. The Morgan fingerprint density at radius 2 is 2.44 bits per heavy atom. The van der Waals surface area contributed by atoms with Crippen molar-refractivity contribution < 1.29 is 0 Å². The largest absolute Gasteiger partial charge is 0.381 e. The second-order valence-corrected chi connectivity index (χ2v) is 1.77. The summed E-state index contributed by atoms with van der Waals surface area (Å²) >= 11 is 0. The zero-order chi connectivity index (χ0) is 6.85. The second kappa shape index (κ2) is 1.89. The van der Waals surface area contributed by atoms with Crippen molar-refractivity contribution in [1.29, 1.82) is 5.41 Å². The highest BCUT2D eigenvalue weighted by Gasteiger charge is 1.88. The van der Waals surface area contributed by atoms with Crippen LogP contribution in [-0.2, 0) is 7.05 Å². The Kier molecular flexibility index (Phi) is 1.22. The Morgan fingerprint density at radius 3 is 2.89 bits per heavy atom. The van der Waals surface area contributed by atoms with E-state index >= 15 is 0 Å². The Labute approximate surface area is 52.5 Å². The van der Waals surface area contributed by atoms with E-state index in [1.165, 1.54) is 0 Å². The number of anilines is 1. The van der Waals surface area contributed by atoms with Crippen molar-refractivity contribution in [3.05, 3.63) is 17.9 Å². The molecule has 0 aliphatic heterocycles. The van der Waals surface area contributed by atoms with Gasteiger partial charge in [0.2, 0.25) is 0 Å². The summed E-state index contributed by atoms with van der Waals surface area (Å²) < 4.78 is 1.60. The smallest absolute Gasteiger partial charge is 0.167 e. The summed E-state index contributed by atoms with van der Waals surface area (Å²) in [6, 6.07) is 0. The quantitative estimate of drug-likeness (QED) is 0.488. The van der Waals surface area contributed by atoms with Gasteiger partial charge in [-0.15, -0.1) is 0 Å². The van der Waals surface area contributed by atoms with Gasteiger partial charge in [0.1, 0.15) is 0 Å². The lowest BCUT2D eigenvalue weighted by Crippen LogP contribution is -2.20. The van der Waals surface area contributed by atoms with E-state index < -0.39 is 0 Å². The van der Waals surface area contributed by atoms with Crippen LogP contribution in [-0.4, -0.2) is 9.55 Å². The van der Waals surface area contributed by atoms with Crippen LogP contribution >= 0.6 is 0 Å². The van der Waals surface area contributed by atoms with Gasteiger partial charge in [0.15, 0.2) is 11.3 Å². The van der Waals surface area contributed by atoms with Crippen LogP contribution in [0.25, 0.3) is 0 Å². The van der Waals surface area contributed by atoms with Crippen molar-refractivity contribution in [3.63, 3.8) is 0 Å². The summed E-state index contributed by atoms with van der Waals surface area (Å²) in [7, 11) is 1.75. The highest BCUT2D eigenvalue weighted by Crippen LogP contribution is 1.79. The first-order valence-electron chi connectivity index (χ1n) is 2.53. The molecule has 0 unspecified atom stereocenters. The van der Waals surface area contributed by atoms with Crippen molar-refractivity contribution in [1.82, 2.24) is 9.55 Å². The first kappa shape index (κ1) is 5.81. The SMILES string of the molecule is Cn1ccnc(N)c1=N. The number of aryl methyl sites for hydroxylation is 1. The minimum Gasteiger partial charge on any atom is -0.381 e. The molecule has 0 aromatic carbocycles. The molecule has 0 aliphatic rings. The highest BCUT2D eigenvalue weighted by atomic mass is 15.0. The molecule has 0 aliphatic carbocycles. The molecular weight excluding hydrogens is 116 g/mol. The summed E-state index contributed by atoms with van der Waals surface area (Å²) in [6.45, 7) is 0. The number of hydrogen-bond acceptors (Lipinski definition) is 3. The van der Waals surface area contributed by atoms with Gasteiger partial charge in [-0.1, -0.05) is 0 Å².